The van der Waals surface area contributed by atoms with Gasteiger partial charge in [-0.2, -0.15) is 0 Å². The van der Waals surface area contributed by atoms with Gasteiger partial charge in [0.05, 0.1) is 7.11 Å². The fourth-order valence-corrected chi connectivity index (χ4v) is 2.02. The molecule has 1 N–H and O–H groups in total. The van der Waals surface area contributed by atoms with E-state index in [2.05, 4.69) is 18.3 Å². The summed E-state index contributed by atoms with van der Waals surface area (Å²) in [5.74, 6) is 0.846. The van der Waals surface area contributed by atoms with E-state index in [1.165, 1.54) is 0 Å². The molecule has 2 rings (SSSR count). The van der Waals surface area contributed by atoms with Crippen molar-refractivity contribution >= 4 is 17.3 Å². The molecule has 2 aromatic rings. The number of halogens is 1. The van der Waals surface area contributed by atoms with Crippen molar-refractivity contribution in [3.63, 3.8) is 0 Å². The maximum atomic E-state index is 5.99. The highest BCUT2D eigenvalue weighted by Crippen LogP contribution is 2.24. The second-order valence-electron chi connectivity index (χ2n) is 4.15. The molecule has 0 saturated heterocycles. The Hall–Kier alpha value is -1.67. The van der Waals surface area contributed by atoms with Crippen LogP contribution < -0.4 is 10.1 Å². The van der Waals surface area contributed by atoms with E-state index in [4.69, 9.17) is 16.3 Å². The summed E-state index contributed by atoms with van der Waals surface area (Å²) in [5.41, 5.74) is 2.19. The lowest BCUT2D eigenvalue weighted by Crippen LogP contribution is -2.06. The Bertz CT molecular complexity index is 527. The number of nitrogens with one attached hydrogen (secondary N) is 1. The van der Waals surface area contributed by atoms with Crippen molar-refractivity contribution in [3.05, 3.63) is 59.1 Å². The van der Waals surface area contributed by atoms with Gasteiger partial charge in [-0.3, -0.25) is 0 Å². The summed E-state index contributed by atoms with van der Waals surface area (Å²) < 4.78 is 5.20. The molecule has 0 spiro atoms. The van der Waals surface area contributed by atoms with Gasteiger partial charge in [-0.25, -0.2) is 0 Å². The standard InChI is InChI=1S/C15H16ClNO/c1-11(12-5-3-6-13(16)9-12)17-14-7-4-8-15(10-14)18-2/h3-11,17H,1-2H3. The van der Waals surface area contributed by atoms with Gasteiger partial charge in [-0.1, -0.05) is 29.8 Å². The van der Waals surface area contributed by atoms with Crippen LogP contribution in [0.3, 0.4) is 0 Å². The van der Waals surface area contributed by atoms with Crippen LogP contribution in [0.1, 0.15) is 18.5 Å². The molecule has 0 aliphatic heterocycles. The zero-order chi connectivity index (χ0) is 13.0. The first kappa shape index (κ1) is 12.8. The summed E-state index contributed by atoms with van der Waals surface area (Å²) in [6.07, 6.45) is 0. The van der Waals surface area contributed by atoms with Crippen LogP contribution in [0.5, 0.6) is 5.75 Å². The highest BCUT2D eigenvalue weighted by Gasteiger charge is 2.06. The minimum absolute atomic E-state index is 0.191. The molecule has 3 heteroatoms. The first-order chi connectivity index (χ1) is 8.69. The molecule has 0 radical (unpaired) electrons. The Labute approximate surface area is 113 Å². The number of rotatable bonds is 4. The van der Waals surface area contributed by atoms with Crippen molar-refractivity contribution in [1.82, 2.24) is 0 Å². The number of anilines is 1. The molecule has 1 unspecified atom stereocenters. The summed E-state index contributed by atoms with van der Waals surface area (Å²) >= 11 is 5.99. The van der Waals surface area contributed by atoms with E-state index < -0.39 is 0 Å². The molecule has 0 aliphatic carbocycles. The number of methoxy groups -OCH3 is 1. The SMILES string of the molecule is COc1cccc(NC(C)c2cccc(Cl)c2)c1. The van der Waals surface area contributed by atoms with Crippen molar-refractivity contribution in [2.24, 2.45) is 0 Å². The summed E-state index contributed by atoms with van der Waals surface area (Å²) in [4.78, 5) is 0. The second kappa shape index (κ2) is 5.78. The van der Waals surface area contributed by atoms with Gasteiger partial charge in [-0.05, 0) is 36.8 Å². The zero-order valence-electron chi connectivity index (χ0n) is 10.5. The van der Waals surface area contributed by atoms with E-state index in [0.29, 0.717) is 0 Å². The van der Waals surface area contributed by atoms with E-state index in [9.17, 15) is 0 Å². The van der Waals surface area contributed by atoms with E-state index in [0.717, 1.165) is 22.0 Å². The molecule has 0 amide bonds. The monoisotopic (exact) mass is 261 g/mol. The quantitative estimate of drug-likeness (QED) is 0.874. The predicted molar refractivity (Wildman–Crippen MR) is 76.5 cm³/mol. The summed E-state index contributed by atoms with van der Waals surface area (Å²) in [6.45, 7) is 2.10. The minimum Gasteiger partial charge on any atom is -0.497 e. The van der Waals surface area contributed by atoms with E-state index in [1.54, 1.807) is 7.11 Å². The van der Waals surface area contributed by atoms with Crippen LogP contribution in [0.25, 0.3) is 0 Å². The fraction of sp³-hybridized carbons (Fsp3) is 0.200. The third kappa shape index (κ3) is 3.17. The largest absolute Gasteiger partial charge is 0.497 e. The molecule has 94 valence electrons. The van der Waals surface area contributed by atoms with Crippen LogP contribution in [-0.2, 0) is 0 Å². The van der Waals surface area contributed by atoms with Crippen LogP contribution in [0.15, 0.2) is 48.5 Å². The maximum Gasteiger partial charge on any atom is 0.120 e. The number of hydrogen-bond acceptors (Lipinski definition) is 2. The molecule has 1 atom stereocenters. The first-order valence-corrected chi connectivity index (χ1v) is 6.23. The molecular weight excluding hydrogens is 246 g/mol. The third-order valence-electron chi connectivity index (χ3n) is 2.80. The van der Waals surface area contributed by atoms with Gasteiger partial charge in [0.25, 0.3) is 0 Å². The number of benzene rings is 2. The maximum absolute atomic E-state index is 5.99. The van der Waals surface area contributed by atoms with Crippen LogP contribution >= 0.6 is 11.6 Å². The molecule has 0 aromatic heterocycles. The van der Waals surface area contributed by atoms with Crippen molar-refractivity contribution in [2.75, 3.05) is 12.4 Å². The van der Waals surface area contributed by atoms with Crippen LogP contribution in [0, 0.1) is 0 Å². The average molecular weight is 262 g/mol. The minimum atomic E-state index is 0.191. The molecule has 0 saturated carbocycles. The molecule has 18 heavy (non-hydrogen) atoms. The van der Waals surface area contributed by atoms with Crippen LogP contribution in [0.2, 0.25) is 5.02 Å². The fourth-order valence-electron chi connectivity index (χ4n) is 1.82. The summed E-state index contributed by atoms with van der Waals surface area (Å²) in [7, 11) is 1.67. The zero-order valence-corrected chi connectivity index (χ0v) is 11.2. The van der Waals surface area contributed by atoms with Gasteiger partial charge in [0.2, 0.25) is 0 Å². The smallest absolute Gasteiger partial charge is 0.120 e. The van der Waals surface area contributed by atoms with Gasteiger partial charge in [0.15, 0.2) is 0 Å². The predicted octanol–water partition coefficient (Wildman–Crippen LogP) is 4.52. The highest BCUT2D eigenvalue weighted by atomic mass is 35.5. The van der Waals surface area contributed by atoms with Gasteiger partial charge in [0, 0.05) is 22.8 Å². The van der Waals surface area contributed by atoms with E-state index in [1.807, 2.05) is 42.5 Å². The van der Waals surface area contributed by atoms with Gasteiger partial charge in [0.1, 0.15) is 5.75 Å². The molecule has 2 aromatic carbocycles. The molecule has 2 nitrogen and oxygen atoms in total. The molecule has 0 bridgehead atoms. The lowest BCUT2D eigenvalue weighted by atomic mass is 10.1. The third-order valence-corrected chi connectivity index (χ3v) is 3.04. The van der Waals surface area contributed by atoms with Crippen LogP contribution in [-0.4, -0.2) is 7.11 Å². The van der Waals surface area contributed by atoms with Gasteiger partial charge in [-0.15, -0.1) is 0 Å². The Kier molecular flexibility index (Phi) is 4.11. The normalized spacial score (nSPS) is 11.9. The van der Waals surface area contributed by atoms with E-state index in [-0.39, 0.29) is 6.04 Å². The van der Waals surface area contributed by atoms with Crippen molar-refractivity contribution in [3.8, 4) is 5.75 Å². The van der Waals surface area contributed by atoms with Crippen molar-refractivity contribution < 1.29 is 4.74 Å². The Morgan fingerprint density at radius 1 is 1.11 bits per heavy atom. The molecule has 0 fully saturated rings. The average Bonchev–Trinajstić information content (AvgIpc) is 2.39. The molecular formula is C15H16ClNO. The van der Waals surface area contributed by atoms with Gasteiger partial charge < -0.3 is 10.1 Å². The lowest BCUT2D eigenvalue weighted by Gasteiger charge is -2.16. The number of hydrogen-bond donors (Lipinski definition) is 1. The summed E-state index contributed by atoms with van der Waals surface area (Å²) in [5, 5.41) is 4.18. The van der Waals surface area contributed by atoms with Crippen molar-refractivity contribution in [1.29, 1.82) is 0 Å². The second-order valence-corrected chi connectivity index (χ2v) is 4.59. The van der Waals surface area contributed by atoms with Crippen LogP contribution in [0.4, 0.5) is 5.69 Å². The Balaban J connectivity index is 2.13. The topological polar surface area (TPSA) is 21.3 Å². The molecule has 0 heterocycles. The first-order valence-electron chi connectivity index (χ1n) is 5.85. The highest BCUT2D eigenvalue weighted by molar-refractivity contribution is 6.30. The lowest BCUT2D eigenvalue weighted by molar-refractivity contribution is 0.415. The Morgan fingerprint density at radius 2 is 1.89 bits per heavy atom. The Morgan fingerprint density at radius 3 is 2.61 bits per heavy atom. The van der Waals surface area contributed by atoms with Crippen molar-refractivity contribution in [2.45, 2.75) is 13.0 Å². The van der Waals surface area contributed by atoms with E-state index >= 15 is 0 Å². The van der Waals surface area contributed by atoms with Gasteiger partial charge >= 0.3 is 0 Å². The molecule has 0 aliphatic rings. The summed E-state index contributed by atoms with van der Waals surface area (Å²) in [6, 6.07) is 15.9. The number of ether oxygens (including phenoxy) is 1.